The topological polar surface area (TPSA) is 103 Å². The summed E-state index contributed by atoms with van der Waals surface area (Å²) in [5.41, 5.74) is 8.59. The maximum Gasteiger partial charge on any atom is 0.141 e. The van der Waals surface area contributed by atoms with E-state index in [4.69, 9.17) is 15.9 Å². The minimum Gasteiger partial charge on any atom is -0.497 e. The van der Waals surface area contributed by atoms with Crippen molar-refractivity contribution >= 4 is 17.3 Å². The number of methoxy groups -OCH3 is 1. The standard InChI is InChI=1S/C28H43N7O/c1-6-8-10-13-24(20-23(4)36-5)26(29)25-27(30)32-21-33-28(25)31-14-11-9-12-15-34-16-18-35(19-17-34)22(3)7-2/h7,10,13,20-21,29H,2-4,6,8-9,11-12,14-19H2,1,5H3,(H3,30,31,32,33)/b13-10-,24-20+,29-26?. The fourth-order valence-corrected chi connectivity index (χ4v) is 3.97. The van der Waals surface area contributed by atoms with Crippen molar-refractivity contribution < 1.29 is 4.74 Å². The van der Waals surface area contributed by atoms with Gasteiger partial charge in [-0.15, -0.1) is 0 Å². The molecule has 0 aliphatic carbocycles. The first-order chi connectivity index (χ1) is 17.4. The molecule has 0 bridgehead atoms. The van der Waals surface area contributed by atoms with E-state index in [9.17, 15) is 0 Å². The zero-order chi connectivity index (χ0) is 26.3. The molecule has 8 heteroatoms. The Morgan fingerprint density at radius 1 is 1.19 bits per heavy atom. The Labute approximate surface area is 216 Å². The summed E-state index contributed by atoms with van der Waals surface area (Å²) in [6.45, 7) is 19.8. The number of unbranched alkanes of at least 4 members (excludes halogenated alkanes) is 3. The van der Waals surface area contributed by atoms with Gasteiger partial charge in [-0.25, -0.2) is 9.97 Å². The maximum absolute atomic E-state index is 8.85. The molecule has 2 heterocycles. The van der Waals surface area contributed by atoms with Crippen LogP contribution in [0.5, 0.6) is 0 Å². The molecule has 2 rings (SSSR count). The van der Waals surface area contributed by atoms with Crippen molar-refractivity contribution in [3.8, 4) is 0 Å². The largest absolute Gasteiger partial charge is 0.497 e. The molecule has 1 aromatic rings. The minimum atomic E-state index is 0.236. The van der Waals surface area contributed by atoms with Crippen molar-refractivity contribution in [1.29, 1.82) is 5.41 Å². The summed E-state index contributed by atoms with van der Waals surface area (Å²) in [4.78, 5) is 13.3. The molecule has 0 spiro atoms. The normalized spacial score (nSPS) is 14.6. The SMILES string of the molecule is C=CC(=C)N1CCN(CCCCCNc2ncnc(N)c2C(=N)C(/C=C\CCC)=C/C(=C)OC)CC1. The van der Waals surface area contributed by atoms with Crippen molar-refractivity contribution in [3.63, 3.8) is 0 Å². The Kier molecular flexibility index (Phi) is 12.5. The van der Waals surface area contributed by atoms with Crippen LogP contribution in [-0.4, -0.2) is 71.9 Å². The van der Waals surface area contributed by atoms with Crippen LogP contribution in [0.2, 0.25) is 0 Å². The summed E-state index contributed by atoms with van der Waals surface area (Å²) in [5, 5.41) is 12.2. The lowest BCUT2D eigenvalue weighted by Gasteiger charge is -2.36. The lowest BCUT2D eigenvalue weighted by molar-refractivity contribution is 0.160. The van der Waals surface area contributed by atoms with Gasteiger partial charge in [0.2, 0.25) is 0 Å². The number of nitrogens with one attached hydrogen (secondary N) is 2. The van der Waals surface area contributed by atoms with Gasteiger partial charge in [-0.3, -0.25) is 10.3 Å². The van der Waals surface area contributed by atoms with Crippen molar-refractivity contribution in [3.05, 3.63) is 73.0 Å². The molecule has 8 nitrogen and oxygen atoms in total. The zero-order valence-corrected chi connectivity index (χ0v) is 22.1. The number of allylic oxidation sites excluding steroid dienone is 5. The molecule has 0 radical (unpaired) electrons. The third-order valence-corrected chi connectivity index (χ3v) is 6.20. The van der Waals surface area contributed by atoms with Crippen molar-refractivity contribution in [2.24, 2.45) is 0 Å². The van der Waals surface area contributed by atoms with Gasteiger partial charge in [0.05, 0.1) is 18.4 Å². The summed E-state index contributed by atoms with van der Waals surface area (Å²) in [6.07, 6.45) is 14.1. The van der Waals surface area contributed by atoms with Crippen LogP contribution >= 0.6 is 0 Å². The molecule has 36 heavy (non-hydrogen) atoms. The number of piperazine rings is 1. The molecule has 0 saturated carbocycles. The van der Waals surface area contributed by atoms with E-state index in [1.165, 1.54) is 6.33 Å². The van der Waals surface area contributed by atoms with E-state index in [0.29, 0.717) is 22.7 Å². The third-order valence-electron chi connectivity index (χ3n) is 6.20. The van der Waals surface area contributed by atoms with Crippen molar-refractivity contribution in [2.75, 3.05) is 57.4 Å². The number of ether oxygens (including phenoxy) is 1. The first-order valence-electron chi connectivity index (χ1n) is 12.7. The van der Waals surface area contributed by atoms with E-state index in [-0.39, 0.29) is 11.5 Å². The molecule has 196 valence electrons. The molecule has 0 aromatic carbocycles. The predicted octanol–water partition coefficient (Wildman–Crippen LogP) is 4.77. The van der Waals surface area contributed by atoms with Gasteiger partial charge in [-0.2, -0.15) is 0 Å². The number of aromatic nitrogens is 2. The average Bonchev–Trinajstić information content (AvgIpc) is 2.89. The van der Waals surface area contributed by atoms with Gasteiger partial charge in [0.25, 0.3) is 0 Å². The Balaban J connectivity index is 1.90. The predicted molar refractivity (Wildman–Crippen MR) is 151 cm³/mol. The molecule has 1 fully saturated rings. The number of nitrogens with two attached hydrogens (primary N) is 1. The van der Waals surface area contributed by atoms with E-state index in [2.05, 4.69) is 51.7 Å². The lowest BCUT2D eigenvalue weighted by Crippen LogP contribution is -2.45. The van der Waals surface area contributed by atoms with Gasteiger partial charge >= 0.3 is 0 Å². The molecule has 0 atom stereocenters. The van der Waals surface area contributed by atoms with Gasteiger partial charge in [0, 0.05) is 44.0 Å². The first kappa shape index (κ1) is 28.8. The van der Waals surface area contributed by atoms with E-state index in [0.717, 1.165) is 77.1 Å². The van der Waals surface area contributed by atoms with Crippen LogP contribution in [-0.2, 0) is 4.74 Å². The second kappa shape index (κ2) is 15.6. The van der Waals surface area contributed by atoms with Crippen LogP contribution in [0.1, 0.15) is 44.6 Å². The van der Waals surface area contributed by atoms with Gasteiger partial charge < -0.3 is 20.7 Å². The van der Waals surface area contributed by atoms with Gasteiger partial charge in [0.15, 0.2) is 0 Å². The molecule has 1 aliphatic rings. The molecule has 1 aliphatic heterocycles. The fourth-order valence-electron chi connectivity index (χ4n) is 3.97. The van der Waals surface area contributed by atoms with E-state index >= 15 is 0 Å². The van der Waals surface area contributed by atoms with E-state index < -0.39 is 0 Å². The zero-order valence-electron chi connectivity index (χ0n) is 22.1. The second-order valence-corrected chi connectivity index (χ2v) is 8.83. The number of nitrogens with zero attached hydrogens (tertiary/aromatic N) is 4. The lowest BCUT2D eigenvalue weighted by atomic mass is 10.0. The maximum atomic E-state index is 8.85. The molecule has 0 unspecified atom stereocenters. The van der Waals surface area contributed by atoms with Crippen LogP contribution < -0.4 is 11.1 Å². The van der Waals surface area contributed by atoms with Crippen LogP contribution in [0.3, 0.4) is 0 Å². The molecular formula is C28H43N7O. The van der Waals surface area contributed by atoms with Crippen molar-refractivity contribution in [2.45, 2.75) is 39.0 Å². The Bertz CT molecular complexity index is 959. The number of hydrogen-bond donors (Lipinski definition) is 3. The molecule has 0 amide bonds. The molecule has 1 saturated heterocycles. The monoisotopic (exact) mass is 493 g/mol. The van der Waals surface area contributed by atoms with Gasteiger partial charge in [0.1, 0.15) is 23.7 Å². The van der Waals surface area contributed by atoms with Crippen LogP contribution in [0.25, 0.3) is 0 Å². The minimum absolute atomic E-state index is 0.236. The average molecular weight is 494 g/mol. The highest BCUT2D eigenvalue weighted by Crippen LogP contribution is 2.23. The van der Waals surface area contributed by atoms with Crippen LogP contribution in [0, 0.1) is 5.41 Å². The quantitative estimate of drug-likeness (QED) is 0.132. The second-order valence-electron chi connectivity index (χ2n) is 8.83. The number of hydrogen-bond acceptors (Lipinski definition) is 8. The summed E-state index contributed by atoms with van der Waals surface area (Å²) in [6, 6.07) is 0. The summed E-state index contributed by atoms with van der Waals surface area (Å²) >= 11 is 0. The molecule has 4 N–H and O–H groups in total. The van der Waals surface area contributed by atoms with Gasteiger partial charge in [-0.05, 0) is 38.0 Å². The Morgan fingerprint density at radius 3 is 2.61 bits per heavy atom. The first-order valence-corrected chi connectivity index (χ1v) is 12.7. The van der Waals surface area contributed by atoms with E-state index in [1.807, 2.05) is 18.2 Å². The highest BCUT2D eigenvalue weighted by atomic mass is 16.5. The van der Waals surface area contributed by atoms with Gasteiger partial charge in [-0.1, -0.05) is 51.7 Å². The highest BCUT2D eigenvalue weighted by Gasteiger charge is 2.18. The number of rotatable bonds is 16. The summed E-state index contributed by atoms with van der Waals surface area (Å²) in [7, 11) is 1.56. The summed E-state index contributed by atoms with van der Waals surface area (Å²) in [5.74, 6) is 1.31. The Morgan fingerprint density at radius 2 is 1.94 bits per heavy atom. The van der Waals surface area contributed by atoms with E-state index in [1.54, 1.807) is 13.2 Å². The molecular weight excluding hydrogens is 450 g/mol. The molecule has 1 aromatic heterocycles. The third kappa shape index (κ3) is 9.00. The number of nitrogen functional groups attached to an aromatic ring is 1. The number of anilines is 2. The fraction of sp³-hybridized carbons (Fsp3) is 0.464. The highest BCUT2D eigenvalue weighted by molar-refractivity contribution is 6.17. The van der Waals surface area contributed by atoms with Crippen LogP contribution in [0.4, 0.5) is 11.6 Å². The van der Waals surface area contributed by atoms with Crippen LogP contribution in [0.15, 0.2) is 67.4 Å². The van der Waals surface area contributed by atoms with Crippen molar-refractivity contribution in [1.82, 2.24) is 19.8 Å². The summed E-state index contributed by atoms with van der Waals surface area (Å²) < 4.78 is 5.21. The smallest absolute Gasteiger partial charge is 0.141 e. The Hall–Kier alpha value is -3.39.